The summed E-state index contributed by atoms with van der Waals surface area (Å²) in [5.74, 6) is -0.0148. The van der Waals surface area contributed by atoms with Gasteiger partial charge < -0.3 is 19.9 Å². The van der Waals surface area contributed by atoms with Crippen molar-refractivity contribution in [1.82, 2.24) is 10.3 Å². The number of pyridine rings is 1. The van der Waals surface area contributed by atoms with E-state index in [9.17, 15) is 4.79 Å². The second kappa shape index (κ2) is 7.59. The lowest BCUT2D eigenvalue weighted by Gasteiger charge is -2.15. The van der Waals surface area contributed by atoms with Gasteiger partial charge in [-0.05, 0) is 12.5 Å². The van der Waals surface area contributed by atoms with Crippen molar-refractivity contribution in [3.05, 3.63) is 22.8 Å². The van der Waals surface area contributed by atoms with Crippen molar-refractivity contribution in [2.75, 3.05) is 19.8 Å². The molecule has 2 rings (SSSR count). The van der Waals surface area contributed by atoms with Crippen LogP contribution in [0.15, 0.2) is 12.3 Å². The lowest BCUT2D eigenvalue weighted by atomic mass is 10.2. The van der Waals surface area contributed by atoms with Crippen LogP contribution < -0.4 is 10.1 Å². The monoisotopic (exact) mass is 314 g/mol. The number of nitrogens with one attached hydrogen (secondary N) is 1. The Kier molecular flexibility index (Phi) is 5.78. The molecule has 0 aliphatic carbocycles. The van der Waals surface area contributed by atoms with Crippen LogP contribution >= 0.6 is 11.6 Å². The van der Waals surface area contributed by atoms with Gasteiger partial charge in [0.25, 0.3) is 5.91 Å². The molecule has 2 heterocycles. The summed E-state index contributed by atoms with van der Waals surface area (Å²) < 4.78 is 10.8. The lowest BCUT2D eigenvalue weighted by molar-refractivity contribution is 0.0914. The van der Waals surface area contributed by atoms with E-state index in [0.717, 1.165) is 6.42 Å². The van der Waals surface area contributed by atoms with Crippen molar-refractivity contribution in [1.29, 1.82) is 0 Å². The predicted molar refractivity (Wildman–Crippen MR) is 77.7 cm³/mol. The minimum atomic E-state index is -0.318. The number of aliphatic hydroxyl groups excluding tert-OH is 1. The zero-order chi connectivity index (χ0) is 15.2. The van der Waals surface area contributed by atoms with Crippen LogP contribution in [0.25, 0.3) is 0 Å². The van der Waals surface area contributed by atoms with E-state index < -0.39 is 0 Å². The van der Waals surface area contributed by atoms with Gasteiger partial charge >= 0.3 is 0 Å². The summed E-state index contributed by atoms with van der Waals surface area (Å²) >= 11 is 6.10. The first-order valence-electron chi connectivity index (χ1n) is 6.95. The maximum Gasteiger partial charge on any atom is 0.253 e. The quantitative estimate of drug-likeness (QED) is 0.829. The number of amides is 1. The van der Waals surface area contributed by atoms with Gasteiger partial charge in [-0.2, -0.15) is 0 Å². The van der Waals surface area contributed by atoms with Gasteiger partial charge in [-0.15, -0.1) is 0 Å². The summed E-state index contributed by atoms with van der Waals surface area (Å²) in [5, 5.41) is 12.1. The Morgan fingerprint density at radius 3 is 3.10 bits per heavy atom. The van der Waals surface area contributed by atoms with Crippen LogP contribution in [0, 0.1) is 0 Å². The number of nitrogens with zero attached hydrogens (tertiary/aromatic N) is 1. The number of aliphatic hydroxyl groups is 1. The molecular weight excluding hydrogens is 296 g/mol. The molecule has 1 saturated heterocycles. The molecule has 21 heavy (non-hydrogen) atoms. The highest BCUT2D eigenvalue weighted by atomic mass is 35.5. The molecule has 1 amide bonds. The van der Waals surface area contributed by atoms with Gasteiger partial charge in [-0.3, -0.25) is 4.79 Å². The normalized spacial score (nSPS) is 19.3. The maximum atomic E-state index is 12.0. The predicted octanol–water partition coefficient (Wildman–Crippen LogP) is 1.40. The third kappa shape index (κ3) is 4.30. The molecule has 0 spiro atoms. The van der Waals surface area contributed by atoms with Crippen molar-refractivity contribution in [2.45, 2.75) is 31.9 Å². The first kappa shape index (κ1) is 16.0. The number of carbonyl (C=O) groups is 1. The van der Waals surface area contributed by atoms with Crippen molar-refractivity contribution < 1.29 is 19.4 Å². The smallest absolute Gasteiger partial charge is 0.253 e. The first-order chi connectivity index (χ1) is 10.1. The Labute approximate surface area is 128 Å². The van der Waals surface area contributed by atoms with Gasteiger partial charge in [0.15, 0.2) is 0 Å². The van der Waals surface area contributed by atoms with Crippen LogP contribution in [0.1, 0.15) is 30.1 Å². The van der Waals surface area contributed by atoms with Crippen LogP contribution in [0.4, 0.5) is 0 Å². The van der Waals surface area contributed by atoms with Crippen molar-refractivity contribution >= 4 is 17.5 Å². The third-order valence-corrected chi connectivity index (χ3v) is 3.55. The molecule has 2 N–H and O–H groups in total. The van der Waals surface area contributed by atoms with E-state index in [1.165, 1.54) is 12.3 Å². The van der Waals surface area contributed by atoms with Gasteiger partial charge in [0.1, 0.15) is 11.1 Å². The van der Waals surface area contributed by atoms with Crippen LogP contribution in [0.3, 0.4) is 0 Å². The minimum Gasteiger partial charge on any atom is -0.471 e. The molecule has 0 saturated carbocycles. The number of ether oxygens (including phenoxy) is 2. The number of carbonyl (C=O) groups excluding carboxylic acids is 1. The largest absolute Gasteiger partial charge is 0.471 e. The number of halogens is 1. The zero-order valence-corrected chi connectivity index (χ0v) is 12.6. The van der Waals surface area contributed by atoms with Crippen LogP contribution in [-0.4, -0.2) is 48.0 Å². The SMILES string of the molecule is CCC(CO)NC(=O)c1cnc(OC2CCOC2)c(Cl)c1. The molecule has 7 heteroatoms. The Morgan fingerprint density at radius 2 is 2.52 bits per heavy atom. The maximum absolute atomic E-state index is 12.0. The van der Waals surface area contributed by atoms with Crippen molar-refractivity contribution in [3.8, 4) is 5.88 Å². The summed E-state index contributed by atoms with van der Waals surface area (Å²) in [7, 11) is 0. The number of hydrogen-bond donors (Lipinski definition) is 2. The van der Waals surface area contributed by atoms with Crippen LogP contribution in [-0.2, 0) is 4.74 Å². The zero-order valence-electron chi connectivity index (χ0n) is 11.8. The van der Waals surface area contributed by atoms with E-state index in [2.05, 4.69) is 10.3 Å². The molecule has 1 aromatic rings. The molecule has 0 bridgehead atoms. The summed E-state index contributed by atoms with van der Waals surface area (Å²) in [6, 6.07) is 1.24. The molecule has 1 aliphatic heterocycles. The van der Waals surface area contributed by atoms with E-state index in [0.29, 0.717) is 31.1 Å². The fourth-order valence-corrected chi connectivity index (χ4v) is 2.16. The number of rotatable bonds is 6. The Bertz CT molecular complexity index is 488. The Morgan fingerprint density at radius 1 is 1.71 bits per heavy atom. The Balaban J connectivity index is 2.02. The van der Waals surface area contributed by atoms with E-state index in [4.69, 9.17) is 26.2 Å². The summed E-state index contributed by atoms with van der Waals surface area (Å²) in [5.41, 5.74) is 0.335. The Hall–Kier alpha value is -1.37. The summed E-state index contributed by atoms with van der Waals surface area (Å²) in [6.07, 6.45) is 2.81. The number of hydrogen-bond acceptors (Lipinski definition) is 5. The second-order valence-electron chi connectivity index (χ2n) is 4.88. The van der Waals surface area contributed by atoms with Crippen LogP contribution in [0.2, 0.25) is 5.02 Å². The van der Waals surface area contributed by atoms with E-state index >= 15 is 0 Å². The summed E-state index contributed by atoms with van der Waals surface area (Å²) in [6.45, 7) is 2.97. The van der Waals surface area contributed by atoms with Gasteiger partial charge in [0.2, 0.25) is 5.88 Å². The third-order valence-electron chi connectivity index (χ3n) is 3.28. The minimum absolute atomic E-state index is 0.0477. The highest BCUT2D eigenvalue weighted by Crippen LogP contribution is 2.25. The molecule has 1 aromatic heterocycles. The van der Waals surface area contributed by atoms with E-state index in [1.807, 2.05) is 6.92 Å². The standard InChI is InChI=1S/C14H19ClN2O4/c1-2-10(7-18)17-13(19)9-5-12(15)14(16-6-9)21-11-3-4-20-8-11/h5-6,10-11,18H,2-4,7-8H2,1H3,(H,17,19). The molecule has 116 valence electrons. The fraction of sp³-hybridized carbons (Fsp3) is 0.571. The van der Waals surface area contributed by atoms with Gasteiger partial charge in [-0.25, -0.2) is 4.98 Å². The van der Waals surface area contributed by atoms with Crippen molar-refractivity contribution in [3.63, 3.8) is 0 Å². The van der Waals surface area contributed by atoms with Crippen molar-refractivity contribution in [2.24, 2.45) is 0 Å². The molecule has 0 aromatic carbocycles. The molecule has 0 radical (unpaired) electrons. The molecule has 2 atom stereocenters. The first-order valence-corrected chi connectivity index (χ1v) is 7.33. The van der Waals surface area contributed by atoms with E-state index in [-0.39, 0.29) is 29.7 Å². The molecule has 1 fully saturated rings. The van der Waals surface area contributed by atoms with Crippen LogP contribution in [0.5, 0.6) is 5.88 Å². The summed E-state index contributed by atoms with van der Waals surface area (Å²) in [4.78, 5) is 16.1. The second-order valence-corrected chi connectivity index (χ2v) is 5.28. The highest BCUT2D eigenvalue weighted by molar-refractivity contribution is 6.32. The number of aromatic nitrogens is 1. The van der Waals surface area contributed by atoms with Gasteiger partial charge in [-0.1, -0.05) is 18.5 Å². The molecular formula is C14H19ClN2O4. The highest BCUT2D eigenvalue weighted by Gasteiger charge is 2.20. The molecule has 2 unspecified atom stereocenters. The molecule has 6 nitrogen and oxygen atoms in total. The average molecular weight is 315 g/mol. The van der Waals surface area contributed by atoms with Gasteiger partial charge in [0.05, 0.1) is 31.4 Å². The molecule has 1 aliphatic rings. The fourth-order valence-electron chi connectivity index (χ4n) is 1.95. The van der Waals surface area contributed by atoms with Gasteiger partial charge in [0, 0.05) is 12.6 Å². The lowest BCUT2D eigenvalue weighted by Crippen LogP contribution is -2.37. The average Bonchev–Trinajstić information content (AvgIpc) is 2.99. The topological polar surface area (TPSA) is 80.7 Å². The van der Waals surface area contributed by atoms with E-state index in [1.54, 1.807) is 0 Å².